The fourth-order valence-electron chi connectivity index (χ4n) is 3.74. The van der Waals surface area contributed by atoms with Crippen LogP contribution in [0.25, 0.3) is 0 Å². The second kappa shape index (κ2) is 13.1. The van der Waals surface area contributed by atoms with Crippen molar-refractivity contribution >= 4 is 19.7 Å². The summed E-state index contributed by atoms with van der Waals surface area (Å²) in [6.07, 6.45) is -0.618. The van der Waals surface area contributed by atoms with Crippen molar-refractivity contribution in [2.45, 2.75) is 52.4 Å². The van der Waals surface area contributed by atoms with E-state index in [1.165, 1.54) is 31.4 Å². The third kappa shape index (κ3) is 7.29. The zero-order valence-electron chi connectivity index (χ0n) is 23.1. The molecule has 0 aliphatic heterocycles. The predicted molar refractivity (Wildman–Crippen MR) is 154 cm³/mol. The molecule has 0 amide bonds. The molecule has 0 aliphatic carbocycles. The molecule has 40 heavy (non-hydrogen) atoms. The lowest BCUT2D eigenvalue weighted by molar-refractivity contribution is 0.199. The minimum atomic E-state index is -3.54. The van der Waals surface area contributed by atoms with Gasteiger partial charge in [0.15, 0.2) is 0 Å². The van der Waals surface area contributed by atoms with Crippen molar-refractivity contribution in [3.05, 3.63) is 108 Å². The SMILES string of the molecule is COc1ccc(S(=O)(=O)c2ccc(C(C)C)cc2)cc1.COc1ccc(S(=O)(=O)c2ccc(C(C)O)cc2)cc1. The third-order valence-electron chi connectivity index (χ3n) is 6.27. The van der Waals surface area contributed by atoms with Gasteiger partial charge in [-0.25, -0.2) is 16.8 Å². The molecule has 0 radical (unpaired) electrons. The maximum absolute atomic E-state index is 12.5. The lowest BCUT2D eigenvalue weighted by Crippen LogP contribution is -2.02. The van der Waals surface area contributed by atoms with Crippen molar-refractivity contribution < 1.29 is 31.4 Å². The van der Waals surface area contributed by atoms with E-state index in [4.69, 9.17) is 9.47 Å². The molecule has 4 aromatic rings. The summed E-state index contributed by atoms with van der Waals surface area (Å²) >= 11 is 0. The van der Waals surface area contributed by atoms with E-state index >= 15 is 0 Å². The van der Waals surface area contributed by atoms with E-state index in [0.29, 0.717) is 27.9 Å². The lowest BCUT2D eigenvalue weighted by Gasteiger charge is -2.08. The van der Waals surface area contributed by atoms with Crippen LogP contribution in [0.4, 0.5) is 0 Å². The molecule has 9 heteroatoms. The Morgan fingerprint density at radius 2 is 0.775 bits per heavy atom. The Hall–Kier alpha value is -3.66. The van der Waals surface area contributed by atoms with E-state index in [2.05, 4.69) is 13.8 Å². The summed E-state index contributed by atoms with van der Waals surface area (Å²) in [6, 6.07) is 25.9. The van der Waals surface area contributed by atoms with Crippen LogP contribution in [-0.2, 0) is 19.7 Å². The summed E-state index contributed by atoms with van der Waals surface area (Å²) < 4.78 is 59.8. The molecule has 0 bridgehead atoms. The van der Waals surface area contributed by atoms with E-state index in [1.807, 2.05) is 12.1 Å². The minimum Gasteiger partial charge on any atom is -0.497 e. The average Bonchev–Trinajstić information content (AvgIpc) is 2.97. The van der Waals surface area contributed by atoms with Crippen molar-refractivity contribution in [2.75, 3.05) is 14.2 Å². The number of hydrogen-bond donors (Lipinski definition) is 1. The fourth-order valence-corrected chi connectivity index (χ4v) is 6.26. The molecular weight excluding hydrogens is 548 g/mol. The van der Waals surface area contributed by atoms with E-state index < -0.39 is 25.8 Å². The van der Waals surface area contributed by atoms with Crippen molar-refractivity contribution in [1.82, 2.24) is 0 Å². The first kappa shape index (κ1) is 30.9. The Morgan fingerprint density at radius 3 is 1.02 bits per heavy atom. The van der Waals surface area contributed by atoms with Crippen LogP contribution in [0.15, 0.2) is 117 Å². The zero-order valence-corrected chi connectivity index (χ0v) is 24.7. The first-order valence-corrected chi connectivity index (χ1v) is 15.5. The summed E-state index contributed by atoms with van der Waals surface area (Å²) in [5.41, 5.74) is 1.80. The number of benzene rings is 4. The van der Waals surface area contributed by atoms with Crippen LogP contribution in [0.1, 0.15) is 43.9 Å². The summed E-state index contributed by atoms with van der Waals surface area (Å²) in [4.78, 5) is 0.998. The molecule has 0 aromatic heterocycles. The normalized spacial score (nSPS) is 12.3. The summed E-state index contributed by atoms with van der Waals surface area (Å²) in [7, 11) is -3.93. The third-order valence-corrected chi connectivity index (χ3v) is 9.84. The first-order valence-electron chi connectivity index (χ1n) is 12.6. The Labute approximate surface area is 236 Å². The molecule has 1 atom stereocenters. The molecule has 4 rings (SSSR count). The van der Waals surface area contributed by atoms with Gasteiger partial charge in [-0.2, -0.15) is 0 Å². The van der Waals surface area contributed by atoms with E-state index in [1.54, 1.807) is 74.7 Å². The van der Waals surface area contributed by atoms with Crippen LogP contribution >= 0.6 is 0 Å². The van der Waals surface area contributed by atoms with Gasteiger partial charge in [0.2, 0.25) is 19.7 Å². The van der Waals surface area contributed by atoms with Gasteiger partial charge in [0.25, 0.3) is 0 Å². The van der Waals surface area contributed by atoms with E-state index in [-0.39, 0.29) is 14.7 Å². The van der Waals surface area contributed by atoms with Crippen LogP contribution in [0, 0.1) is 0 Å². The topological polar surface area (TPSA) is 107 Å². The minimum absolute atomic E-state index is 0.201. The highest BCUT2D eigenvalue weighted by atomic mass is 32.2. The van der Waals surface area contributed by atoms with Gasteiger partial charge in [0.05, 0.1) is 39.9 Å². The molecular formula is C31H34O7S2. The molecule has 0 saturated carbocycles. The number of aliphatic hydroxyl groups is 1. The van der Waals surface area contributed by atoms with Gasteiger partial charge in [0.1, 0.15) is 11.5 Å². The second-order valence-electron chi connectivity index (χ2n) is 9.33. The van der Waals surface area contributed by atoms with Crippen LogP contribution in [0.2, 0.25) is 0 Å². The Bertz CT molecular complexity index is 1460. The predicted octanol–water partition coefficient (Wildman–Crippen LogP) is 6.23. The average molecular weight is 583 g/mol. The number of sulfone groups is 2. The molecule has 0 heterocycles. The zero-order chi connectivity index (χ0) is 29.5. The summed E-state index contributed by atoms with van der Waals surface area (Å²) in [5, 5.41) is 9.43. The van der Waals surface area contributed by atoms with Gasteiger partial charge in [-0.1, -0.05) is 38.1 Å². The largest absolute Gasteiger partial charge is 0.497 e. The molecule has 7 nitrogen and oxygen atoms in total. The molecule has 0 saturated heterocycles. The summed E-state index contributed by atoms with van der Waals surface area (Å²) in [6.45, 7) is 5.78. The smallest absolute Gasteiger partial charge is 0.206 e. The van der Waals surface area contributed by atoms with Crippen molar-refractivity contribution in [3.63, 3.8) is 0 Å². The van der Waals surface area contributed by atoms with Crippen LogP contribution < -0.4 is 9.47 Å². The molecule has 212 valence electrons. The van der Waals surface area contributed by atoms with Gasteiger partial charge in [-0.3, -0.25) is 0 Å². The van der Waals surface area contributed by atoms with E-state index in [9.17, 15) is 21.9 Å². The maximum atomic E-state index is 12.5. The molecule has 4 aromatic carbocycles. The van der Waals surface area contributed by atoms with Gasteiger partial charge >= 0.3 is 0 Å². The van der Waals surface area contributed by atoms with Crippen molar-refractivity contribution in [2.24, 2.45) is 0 Å². The number of hydrogen-bond acceptors (Lipinski definition) is 7. The second-order valence-corrected chi connectivity index (χ2v) is 13.2. The Balaban J connectivity index is 0.000000220. The molecule has 1 unspecified atom stereocenters. The highest BCUT2D eigenvalue weighted by molar-refractivity contribution is 7.91. The quantitative estimate of drug-likeness (QED) is 0.262. The molecule has 1 N–H and O–H groups in total. The maximum Gasteiger partial charge on any atom is 0.206 e. The van der Waals surface area contributed by atoms with Gasteiger partial charge in [-0.15, -0.1) is 0 Å². The number of ether oxygens (including phenoxy) is 2. The monoisotopic (exact) mass is 582 g/mol. The number of rotatable bonds is 8. The highest BCUT2D eigenvalue weighted by Crippen LogP contribution is 2.26. The van der Waals surface area contributed by atoms with Crippen LogP contribution in [0.5, 0.6) is 11.5 Å². The van der Waals surface area contributed by atoms with Crippen LogP contribution in [-0.4, -0.2) is 36.2 Å². The van der Waals surface area contributed by atoms with Crippen molar-refractivity contribution in [1.29, 1.82) is 0 Å². The molecule has 0 spiro atoms. The van der Waals surface area contributed by atoms with Gasteiger partial charge in [-0.05, 0) is 96.8 Å². The lowest BCUT2D eigenvalue weighted by atomic mass is 10.0. The van der Waals surface area contributed by atoms with Crippen molar-refractivity contribution in [3.8, 4) is 11.5 Å². The highest BCUT2D eigenvalue weighted by Gasteiger charge is 2.19. The van der Waals surface area contributed by atoms with Gasteiger partial charge in [0, 0.05) is 0 Å². The summed E-state index contributed by atoms with van der Waals surface area (Å²) in [5.74, 6) is 1.63. The van der Waals surface area contributed by atoms with Crippen LogP contribution in [0.3, 0.4) is 0 Å². The number of methoxy groups -OCH3 is 2. The Morgan fingerprint density at radius 1 is 0.500 bits per heavy atom. The Kier molecular flexibility index (Phi) is 10.1. The van der Waals surface area contributed by atoms with Gasteiger partial charge < -0.3 is 14.6 Å². The van der Waals surface area contributed by atoms with E-state index in [0.717, 1.165) is 5.56 Å². The fraction of sp³-hybridized carbons (Fsp3) is 0.226. The molecule has 0 aliphatic rings. The first-order chi connectivity index (χ1) is 18.9. The standard InChI is InChI=1S/C16H18O3S.C15H16O4S/c1-12(2)13-4-8-15(9-5-13)20(17,18)16-10-6-14(19-3)7-11-16;1-11(16)12-3-7-14(8-4-12)20(17,18)15-9-5-13(19-2)6-10-15/h4-12H,1-3H3;3-11,16H,1-2H3. The number of aliphatic hydroxyl groups excluding tert-OH is 1. The molecule has 0 fully saturated rings.